The smallest absolute Gasteiger partial charge is 0.0587 e. The predicted octanol–water partition coefficient (Wildman–Crippen LogP) is 0.971. The number of likely N-dealkylation sites (tertiary alicyclic amines) is 1. The topological polar surface area (TPSA) is 49.5 Å². The van der Waals surface area contributed by atoms with Crippen LogP contribution >= 0.6 is 0 Å². The van der Waals surface area contributed by atoms with Crippen molar-refractivity contribution in [2.24, 2.45) is 5.73 Å². The highest BCUT2D eigenvalue weighted by Crippen LogP contribution is 2.18. The molecule has 1 aromatic rings. The van der Waals surface area contributed by atoms with Crippen molar-refractivity contribution in [1.82, 2.24) is 4.90 Å². The molecule has 1 heterocycles. The summed E-state index contributed by atoms with van der Waals surface area (Å²) in [5.74, 6) is 0. The quantitative estimate of drug-likeness (QED) is 0.798. The van der Waals surface area contributed by atoms with Gasteiger partial charge >= 0.3 is 0 Å². The number of nitrogens with two attached hydrogens (primary N) is 1. The molecule has 3 heteroatoms. The van der Waals surface area contributed by atoms with Gasteiger partial charge < -0.3 is 10.8 Å². The molecule has 1 aliphatic heterocycles. The molecule has 1 aromatic carbocycles. The molecule has 2 rings (SSSR count). The molecule has 3 nitrogen and oxygen atoms in total. The molecule has 0 aromatic heterocycles. The van der Waals surface area contributed by atoms with E-state index in [1.54, 1.807) is 0 Å². The van der Waals surface area contributed by atoms with E-state index in [0.29, 0.717) is 0 Å². The molecule has 0 spiro atoms. The molecule has 0 aliphatic carbocycles. The van der Waals surface area contributed by atoms with Crippen molar-refractivity contribution in [3.63, 3.8) is 0 Å². The van der Waals surface area contributed by atoms with Gasteiger partial charge in [-0.2, -0.15) is 0 Å². The Labute approximate surface area is 96.9 Å². The predicted molar refractivity (Wildman–Crippen MR) is 64.9 cm³/mol. The number of hydrogen-bond acceptors (Lipinski definition) is 3. The lowest BCUT2D eigenvalue weighted by Gasteiger charge is -2.37. The van der Waals surface area contributed by atoms with Gasteiger partial charge in [-0.05, 0) is 18.4 Å². The Bertz CT molecular complexity index is 315. The Kier molecular flexibility index (Phi) is 3.93. The average molecular weight is 220 g/mol. The third-order valence-corrected chi connectivity index (χ3v) is 3.30. The van der Waals surface area contributed by atoms with Gasteiger partial charge in [0, 0.05) is 25.2 Å². The van der Waals surface area contributed by atoms with Crippen LogP contribution in [-0.4, -0.2) is 35.2 Å². The molecule has 2 atom stereocenters. The van der Waals surface area contributed by atoms with Gasteiger partial charge in [-0.1, -0.05) is 30.3 Å². The molecule has 0 bridgehead atoms. The minimum Gasteiger partial charge on any atom is -0.395 e. The first-order valence-corrected chi connectivity index (χ1v) is 5.94. The van der Waals surface area contributed by atoms with E-state index in [4.69, 9.17) is 5.73 Å². The number of piperidine rings is 1. The van der Waals surface area contributed by atoms with Crippen molar-refractivity contribution in [2.75, 3.05) is 13.2 Å². The van der Waals surface area contributed by atoms with Gasteiger partial charge in [-0.25, -0.2) is 0 Å². The van der Waals surface area contributed by atoms with Crippen LogP contribution in [0.15, 0.2) is 30.3 Å². The summed E-state index contributed by atoms with van der Waals surface area (Å²) >= 11 is 0. The van der Waals surface area contributed by atoms with Crippen molar-refractivity contribution in [3.8, 4) is 0 Å². The van der Waals surface area contributed by atoms with Crippen molar-refractivity contribution in [2.45, 2.75) is 31.5 Å². The van der Waals surface area contributed by atoms with Crippen molar-refractivity contribution >= 4 is 0 Å². The third kappa shape index (κ3) is 2.82. The SMILES string of the molecule is N[C@H]1CC[C@H](CO)N(Cc2ccccc2)C1. The van der Waals surface area contributed by atoms with Crippen LogP contribution in [0, 0.1) is 0 Å². The van der Waals surface area contributed by atoms with Crippen LogP contribution < -0.4 is 5.73 Å². The summed E-state index contributed by atoms with van der Waals surface area (Å²) in [6.07, 6.45) is 2.03. The van der Waals surface area contributed by atoms with Crippen LogP contribution in [-0.2, 0) is 6.54 Å². The van der Waals surface area contributed by atoms with Gasteiger partial charge in [0.1, 0.15) is 0 Å². The lowest BCUT2D eigenvalue weighted by atomic mass is 9.98. The fourth-order valence-electron chi connectivity index (χ4n) is 2.35. The number of benzene rings is 1. The molecular formula is C13H20N2O. The zero-order chi connectivity index (χ0) is 11.4. The number of nitrogens with zero attached hydrogens (tertiary/aromatic N) is 1. The minimum atomic E-state index is 0.236. The largest absolute Gasteiger partial charge is 0.395 e. The number of aliphatic hydroxyl groups is 1. The van der Waals surface area contributed by atoms with E-state index in [2.05, 4.69) is 17.0 Å². The molecule has 1 fully saturated rings. The fourth-order valence-corrected chi connectivity index (χ4v) is 2.35. The second kappa shape index (κ2) is 5.43. The molecule has 0 radical (unpaired) electrons. The molecule has 16 heavy (non-hydrogen) atoms. The number of aliphatic hydroxyl groups excluding tert-OH is 1. The van der Waals surface area contributed by atoms with E-state index >= 15 is 0 Å². The van der Waals surface area contributed by atoms with Crippen LogP contribution in [0.25, 0.3) is 0 Å². The van der Waals surface area contributed by atoms with Gasteiger partial charge in [0.25, 0.3) is 0 Å². The number of rotatable bonds is 3. The maximum absolute atomic E-state index is 9.34. The summed E-state index contributed by atoms with van der Waals surface area (Å²) in [4.78, 5) is 2.30. The highest BCUT2D eigenvalue weighted by Gasteiger charge is 2.25. The Morgan fingerprint density at radius 3 is 2.69 bits per heavy atom. The van der Waals surface area contributed by atoms with Crippen LogP contribution in [0.5, 0.6) is 0 Å². The average Bonchev–Trinajstić information content (AvgIpc) is 2.31. The summed E-state index contributed by atoms with van der Waals surface area (Å²) in [6.45, 7) is 2.01. The zero-order valence-electron chi connectivity index (χ0n) is 9.55. The minimum absolute atomic E-state index is 0.236. The molecular weight excluding hydrogens is 200 g/mol. The van der Waals surface area contributed by atoms with E-state index in [9.17, 15) is 5.11 Å². The van der Waals surface area contributed by atoms with Crippen molar-refractivity contribution in [3.05, 3.63) is 35.9 Å². The summed E-state index contributed by atoms with van der Waals surface area (Å²) in [5, 5.41) is 9.34. The van der Waals surface area contributed by atoms with E-state index in [1.807, 2.05) is 18.2 Å². The van der Waals surface area contributed by atoms with Gasteiger partial charge in [-0.15, -0.1) is 0 Å². The number of hydrogen-bond donors (Lipinski definition) is 2. The second-order valence-corrected chi connectivity index (χ2v) is 4.59. The highest BCUT2D eigenvalue weighted by molar-refractivity contribution is 5.14. The fraction of sp³-hybridized carbons (Fsp3) is 0.538. The van der Waals surface area contributed by atoms with E-state index in [1.165, 1.54) is 5.56 Å². The van der Waals surface area contributed by atoms with Crippen LogP contribution in [0.2, 0.25) is 0 Å². The lowest BCUT2D eigenvalue weighted by Crippen LogP contribution is -2.49. The second-order valence-electron chi connectivity index (χ2n) is 4.59. The van der Waals surface area contributed by atoms with Gasteiger partial charge in [0.05, 0.1) is 6.61 Å². The first kappa shape index (κ1) is 11.6. The first-order chi connectivity index (χ1) is 7.79. The molecule has 0 saturated carbocycles. The molecule has 0 unspecified atom stereocenters. The molecule has 1 aliphatic rings. The molecule has 88 valence electrons. The van der Waals surface area contributed by atoms with E-state index in [-0.39, 0.29) is 18.7 Å². The Balaban J connectivity index is 2.01. The molecule has 3 N–H and O–H groups in total. The van der Waals surface area contributed by atoms with Crippen molar-refractivity contribution < 1.29 is 5.11 Å². The van der Waals surface area contributed by atoms with Gasteiger partial charge in [-0.3, -0.25) is 4.90 Å². The summed E-state index contributed by atoms with van der Waals surface area (Å²) in [7, 11) is 0. The van der Waals surface area contributed by atoms with Crippen LogP contribution in [0.4, 0.5) is 0 Å². The highest BCUT2D eigenvalue weighted by atomic mass is 16.3. The molecule has 1 saturated heterocycles. The summed E-state index contributed by atoms with van der Waals surface area (Å²) < 4.78 is 0. The lowest BCUT2D eigenvalue weighted by molar-refractivity contribution is 0.0752. The maximum atomic E-state index is 9.34. The monoisotopic (exact) mass is 220 g/mol. The maximum Gasteiger partial charge on any atom is 0.0587 e. The van der Waals surface area contributed by atoms with Crippen LogP contribution in [0.3, 0.4) is 0 Å². The van der Waals surface area contributed by atoms with Crippen LogP contribution in [0.1, 0.15) is 18.4 Å². The Morgan fingerprint density at radius 2 is 2.00 bits per heavy atom. The van der Waals surface area contributed by atoms with Crippen molar-refractivity contribution in [1.29, 1.82) is 0 Å². The Morgan fingerprint density at radius 1 is 1.25 bits per heavy atom. The zero-order valence-corrected chi connectivity index (χ0v) is 9.55. The summed E-state index contributed by atoms with van der Waals surface area (Å²) in [5.41, 5.74) is 7.26. The summed E-state index contributed by atoms with van der Waals surface area (Å²) in [6, 6.07) is 10.9. The third-order valence-electron chi connectivity index (χ3n) is 3.30. The Hall–Kier alpha value is -0.900. The van der Waals surface area contributed by atoms with Gasteiger partial charge in [0.2, 0.25) is 0 Å². The standard InChI is InChI=1S/C13H20N2O/c14-12-6-7-13(10-16)15(9-12)8-11-4-2-1-3-5-11/h1-5,12-13,16H,6-10,14H2/t12-,13+/m0/s1. The first-order valence-electron chi connectivity index (χ1n) is 5.94. The van der Waals surface area contributed by atoms with Gasteiger partial charge in [0.15, 0.2) is 0 Å². The van der Waals surface area contributed by atoms with E-state index < -0.39 is 0 Å². The molecule has 0 amide bonds. The van der Waals surface area contributed by atoms with E-state index in [0.717, 1.165) is 25.9 Å². The normalized spacial score (nSPS) is 26.9.